The van der Waals surface area contributed by atoms with Crippen LogP contribution in [-0.4, -0.2) is 279 Å². The predicted octanol–water partition coefficient (Wildman–Crippen LogP) is -12.7. The first kappa shape index (κ1) is 73.5. The molecule has 0 heterocycles. The van der Waals surface area contributed by atoms with E-state index in [2.05, 4.69) is 49.8 Å². The van der Waals surface area contributed by atoms with E-state index in [1.54, 1.807) is 0 Å². The van der Waals surface area contributed by atoms with Gasteiger partial charge in [-0.15, -0.1) is 0 Å². The lowest BCUT2D eigenvalue weighted by molar-refractivity contribution is -0.143. The maximum atomic E-state index is 14.0. The van der Waals surface area contributed by atoms with E-state index in [0.29, 0.717) is 0 Å². The van der Waals surface area contributed by atoms with E-state index in [1.807, 2.05) is 10.6 Å². The minimum atomic E-state index is -2.13. The van der Waals surface area contributed by atoms with Gasteiger partial charge < -0.3 is 125 Å². The van der Waals surface area contributed by atoms with Crippen LogP contribution in [0.1, 0.15) is 57.8 Å². The molecule has 36 nitrogen and oxygen atoms in total. The van der Waals surface area contributed by atoms with Crippen molar-refractivity contribution in [3.63, 3.8) is 0 Å². The number of carbonyl (C=O) groups excluding carboxylic acids is 8. The van der Waals surface area contributed by atoms with Crippen molar-refractivity contribution < 1.29 is 129 Å². The van der Waals surface area contributed by atoms with E-state index in [1.165, 1.54) is 7.05 Å². The molecule has 25 N–H and O–H groups in total. The Bertz CT molecular complexity index is 2080. The Morgan fingerprint density at radius 1 is 0.412 bits per heavy atom. The third kappa shape index (κ3) is 28.1. The van der Waals surface area contributed by atoms with Crippen LogP contribution < -0.4 is 53.6 Å². The Kier molecular flexibility index (Phi) is 35.1. The van der Waals surface area contributed by atoms with Gasteiger partial charge in [0.15, 0.2) is 0 Å². The molecule has 0 fully saturated rings. The molecule has 0 aromatic carbocycles. The Labute approximate surface area is 460 Å². The average molecular weight is 1180 g/mol. The number of hydrogen-bond donors (Lipinski definition) is 25. The lowest BCUT2D eigenvalue weighted by Crippen LogP contribution is -2.59. The number of thiol groups is 1. The third-order valence-electron chi connectivity index (χ3n) is 11.5. The fraction of sp³-hybridized carbons (Fsp3) is 0.721. The number of nitrogens with one attached hydrogen (secondary N) is 9. The van der Waals surface area contributed by atoms with Crippen LogP contribution in [0.2, 0.25) is 0 Å². The van der Waals surface area contributed by atoms with Gasteiger partial charge >= 0.3 is 23.9 Å². The van der Waals surface area contributed by atoms with Gasteiger partial charge in [-0.1, -0.05) is 0 Å². The Morgan fingerprint density at radius 2 is 0.750 bits per heavy atom. The van der Waals surface area contributed by atoms with Crippen LogP contribution in [0.15, 0.2) is 0 Å². The zero-order valence-corrected chi connectivity index (χ0v) is 43.8. The molecule has 0 unspecified atom stereocenters. The zero-order chi connectivity index (χ0) is 61.6. The summed E-state index contributed by atoms with van der Waals surface area (Å²) in [5.74, 6) is -16.1. The minimum absolute atomic E-state index is 0.348. The Hall–Kier alpha value is -6.49. The zero-order valence-electron chi connectivity index (χ0n) is 43.0. The van der Waals surface area contributed by atoms with Crippen LogP contribution in [0, 0.1) is 0 Å². The van der Waals surface area contributed by atoms with E-state index >= 15 is 0 Å². The molecular formula is C43H74N10O26S. The van der Waals surface area contributed by atoms with Gasteiger partial charge in [0.2, 0.25) is 47.3 Å². The van der Waals surface area contributed by atoms with Gasteiger partial charge in [0.1, 0.15) is 72.9 Å². The summed E-state index contributed by atoms with van der Waals surface area (Å²) in [4.78, 5) is 153. The summed E-state index contributed by atoms with van der Waals surface area (Å²) in [6.45, 7) is -4.55. The standard InChI is InChI=1S/C43H74N10O26S/c1-45-18(4-8-30(62)63)39(74)50-20(3-7-29(61)47-13-25(57)34(69)36(71)27(59)15-55)40(75)51-21(5-9-31(64)65)41(76)49-19(2-6-28(60)46-12-24(56)33(68)35(70)26(58)14-54)38(73)48-11-17(44)37(72)52-22(10-32(66)67)42(77)53-23(16-80)43(78)79/h17-27,33-36,45,54-59,68-71,80H,2-16,44H2,1H3,(H,46,60)(H,47,61)(H,48,73)(H,49,76)(H,50,74)(H,51,75)(H,52,72)(H,53,77)(H,62,63)(H,64,65)(H,66,67)(H,78,79)/t17-,18+,19+,20+,21+,22-,23-,24-,25-,26+,27+,33+,34+,35+,36+/m0/s1. The van der Waals surface area contributed by atoms with Crippen LogP contribution >= 0.6 is 12.6 Å². The quantitative estimate of drug-likeness (QED) is 0.0252. The van der Waals surface area contributed by atoms with Gasteiger partial charge in [-0.2, -0.15) is 12.6 Å². The molecular weight excluding hydrogens is 1100 g/mol. The summed E-state index contributed by atoms with van der Waals surface area (Å²) >= 11 is 3.78. The Morgan fingerprint density at radius 3 is 1.11 bits per heavy atom. The largest absolute Gasteiger partial charge is 0.481 e. The average Bonchev–Trinajstić information content (AvgIpc) is 3.41. The number of likely N-dealkylation sites (N-methyl/N-ethyl adjacent to an activating group) is 1. The molecule has 0 aliphatic heterocycles. The second-order valence-corrected chi connectivity index (χ2v) is 18.1. The van der Waals surface area contributed by atoms with Crippen molar-refractivity contribution in [1.82, 2.24) is 47.9 Å². The minimum Gasteiger partial charge on any atom is -0.481 e. The van der Waals surface area contributed by atoms with Gasteiger partial charge in [0.25, 0.3) is 0 Å². The maximum absolute atomic E-state index is 14.0. The molecule has 0 aromatic heterocycles. The fourth-order valence-electron chi connectivity index (χ4n) is 6.64. The number of amides is 8. The number of aliphatic carboxylic acids is 4. The highest BCUT2D eigenvalue weighted by molar-refractivity contribution is 7.80. The molecule has 0 aromatic rings. The van der Waals surface area contributed by atoms with Gasteiger partial charge in [0, 0.05) is 51.1 Å². The molecule has 0 aliphatic carbocycles. The van der Waals surface area contributed by atoms with Crippen LogP contribution in [-0.2, 0) is 57.5 Å². The van der Waals surface area contributed by atoms with E-state index in [-0.39, 0.29) is 6.42 Å². The summed E-state index contributed by atoms with van der Waals surface area (Å²) in [5, 5.41) is 154. The number of carboxylic acid groups (broad SMARTS) is 4. The Balaban J connectivity index is 6.90. The van der Waals surface area contributed by atoms with E-state index in [9.17, 15) is 114 Å². The monoisotopic (exact) mass is 1180 g/mol. The molecule has 8 amide bonds. The SMILES string of the molecule is CN[C@H](CCC(=O)O)C(=O)N[C@H](CCC(=O)NC[C@H](O)[C@@H](O)[C@H](O)[C@H](O)CO)C(=O)N[C@H](CCC(=O)O)C(=O)N[C@H](CCC(=O)NC[C@H](O)[C@@H](O)[C@H](O)[C@H](O)CO)C(=O)NC[C@H](N)C(=O)N[C@@H](CC(=O)O)C(=O)N[C@@H](CS)C(=O)O. The molecule has 37 heteroatoms. The van der Waals surface area contributed by atoms with Crippen LogP contribution in [0.25, 0.3) is 0 Å². The summed E-state index contributed by atoms with van der Waals surface area (Å²) in [6, 6.07) is -12.5. The van der Waals surface area contributed by atoms with Crippen LogP contribution in [0.3, 0.4) is 0 Å². The lowest BCUT2D eigenvalue weighted by Gasteiger charge is -2.27. The van der Waals surface area contributed by atoms with E-state index in [4.69, 9.17) is 21.1 Å². The van der Waals surface area contributed by atoms with Crippen molar-refractivity contribution in [2.24, 2.45) is 5.73 Å². The number of aliphatic hydroxyl groups is 10. The van der Waals surface area contributed by atoms with Crippen molar-refractivity contribution >= 4 is 83.8 Å². The molecule has 15 atom stereocenters. The summed E-state index contributed by atoms with van der Waals surface area (Å²) < 4.78 is 0. The number of carboxylic acids is 4. The lowest BCUT2D eigenvalue weighted by atomic mass is 10.0. The van der Waals surface area contributed by atoms with Gasteiger partial charge in [-0.05, 0) is 32.7 Å². The van der Waals surface area contributed by atoms with Crippen molar-refractivity contribution in [2.75, 3.05) is 45.6 Å². The first-order valence-electron chi connectivity index (χ1n) is 24.3. The highest BCUT2D eigenvalue weighted by Gasteiger charge is 2.35. The second-order valence-electron chi connectivity index (χ2n) is 17.8. The summed E-state index contributed by atoms with van der Waals surface area (Å²) in [7, 11) is 1.26. The number of rotatable bonds is 42. The number of hydrogen-bond acceptors (Lipinski definition) is 25. The van der Waals surface area contributed by atoms with E-state index in [0.717, 1.165) is 0 Å². The number of aliphatic hydroxyl groups excluding tert-OH is 10. The first-order chi connectivity index (χ1) is 37.3. The fourth-order valence-corrected chi connectivity index (χ4v) is 6.89. The number of nitrogens with two attached hydrogens (primary N) is 1. The number of carbonyl (C=O) groups is 12. The second kappa shape index (κ2) is 38.2. The molecule has 0 aliphatic rings. The molecule has 0 saturated heterocycles. The topological polar surface area (TPSA) is 622 Å². The molecule has 458 valence electrons. The van der Waals surface area contributed by atoms with Crippen molar-refractivity contribution in [1.29, 1.82) is 0 Å². The normalized spacial score (nSPS) is 16.9. The molecule has 0 bridgehead atoms. The van der Waals surface area contributed by atoms with Crippen molar-refractivity contribution in [2.45, 2.75) is 149 Å². The van der Waals surface area contributed by atoms with Gasteiger partial charge in [0.05, 0.1) is 37.9 Å². The summed E-state index contributed by atoms with van der Waals surface area (Å²) in [5.41, 5.74) is 5.90. The molecule has 80 heavy (non-hydrogen) atoms. The molecule has 0 spiro atoms. The van der Waals surface area contributed by atoms with Crippen molar-refractivity contribution in [3.05, 3.63) is 0 Å². The van der Waals surface area contributed by atoms with Crippen LogP contribution in [0.5, 0.6) is 0 Å². The van der Waals surface area contributed by atoms with Crippen LogP contribution in [0.4, 0.5) is 0 Å². The molecule has 0 rings (SSSR count). The maximum Gasteiger partial charge on any atom is 0.327 e. The van der Waals surface area contributed by atoms with Crippen molar-refractivity contribution in [3.8, 4) is 0 Å². The van der Waals surface area contributed by atoms with E-state index < -0.39 is 252 Å². The summed E-state index contributed by atoms with van der Waals surface area (Å²) in [6.07, 6.45) is -22.7. The van der Waals surface area contributed by atoms with Gasteiger partial charge in [-0.3, -0.25) is 52.7 Å². The molecule has 0 radical (unpaired) electrons. The molecule has 0 saturated carbocycles. The first-order valence-corrected chi connectivity index (χ1v) is 24.9. The highest BCUT2D eigenvalue weighted by atomic mass is 32.1. The van der Waals surface area contributed by atoms with Gasteiger partial charge in [-0.25, -0.2) is 4.79 Å². The predicted molar refractivity (Wildman–Crippen MR) is 268 cm³/mol. The third-order valence-corrected chi connectivity index (χ3v) is 11.9. The smallest absolute Gasteiger partial charge is 0.327 e. The highest BCUT2D eigenvalue weighted by Crippen LogP contribution is 2.10.